The molecule has 0 aliphatic carbocycles. The molecule has 1 unspecified atom stereocenters. The molecule has 13 heteroatoms. The number of sulfonamides is 1. The predicted molar refractivity (Wildman–Crippen MR) is 157 cm³/mol. The van der Waals surface area contributed by atoms with Gasteiger partial charge in [0.25, 0.3) is 10.0 Å². The van der Waals surface area contributed by atoms with Gasteiger partial charge >= 0.3 is 0 Å². The lowest BCUT2D eigenvalue weighted by atomic mass is 10.0. The monoisotopic (exact) mass is 589 g/mol. The maximum absolute atomic E-state index is 12.9. The summed E-state index contributed by atoms with van der Waals surface area (Å²) < 4.78 is 27.6. The molecule has 0 fully saturated rings. The molecule has 5 aromatic rings. The molecule has 1 amide bonds. The van der Waals surface area contributed by atoms with Crippen molar-refractivity contribution in [3.63, 3.8) is 0 Å². The SMILES string of the molecule is Cc1nnc(NS(=O)(=O)c2ccc(NC(=O)C(C)Sc3nnc(-c4ccccc4)c(-c4ccccc4)n3)cc2)s1. The van der Waals surface area contributed by atoms with Crippen molar-refractivity contribution in [3.05, 3.63) is 89.9 Å². The summed E-state index contributed by atoms with van der Waals surface area (Å²) in [6.07, 6.45) is 0. The Balaban J connectivity index is 1.28. The first-order valence-electron chi connectivity index (χ1n) is 12.0. The van der Waals surface area contributed by atoms with Crippen LogP contribution in [0.25, 0.3) is 22.5 Å². The number of thioether (sulfide) groups is 1. The zero-order chi connectivity index (χ0) is 28.1. The molecule has 0 saturated heterocycles. The highest BCUT2D eigenvalue weighted by Gasteiger charge is 2.21. The Morgan fingerprint density at radius 3 is 2.05 bits per heavy atom. The van der Waals surface area contributed by atoms with Gasteiger partial charge in [-0.2, -0.15) is 0 Å². The summed E-state index contributed by atoms with van der Waals surface area (Å²) in [6, 6.07) is 25.2. The van der Waals surface area contributed by atoms with Crippen LogP contribution in [-0.2, 0) is 14.8 Å². The van der Waals surface area contributed by atoms with Gasteiger partial charge in [-0.05, 0) is 38.1 Å². The van der Waals surface area contributed by atoms with E-state index in [0.717, 1.165) is 22.5 Å². The number of carbonyl (C=O) groups is 1. The second-order valence-corrected chi connectivity index (χ2v) is 12.7. The van der Waals surface area contributed by atoms with Gasteiger partial charge in [-0.15, -0.1) is 20.4 Å². The predicted octanol–water partition coefficient (Wildman–Crippen LogP) is 5.29. The molecule has 40 heavy (non-hydrogen) atoms. The van der Waals surface area contributed by atoms with Gasteiger partial charge in [-0.3, -0.25) is 9.52 Å². The van der Waals surface area contributed by atoms with E-state index in [1.165, 1.54) is 36.0 Å². The van der Waals surface area contributed by atoms with Crippen LogP contribution in [0.1, 0.15) is 11.9 Å². The molecule has 2 aromatic heterocycles. The van der Waals surface area contributed by atoms with E-state index in [4.69, 9.17) is 4.98 Å². The van der Waals surface area contributed by atoms with Crippen LogP contribution in [0.3, 0.4) is 0 Å². The van der Waals surface area contributed by atoms with E-state index in [1.54, 1.807) is 13.8 Å². The molecule has 0 saturated carbocycles. The number of amides is 1. The highest BCUT2D eigenvalue weighted by Crippen LogP contribution is 2.31. The summed E-state index contributed by atoms with van der Waals surface area (Å²) in [6.45, 7) is 3.47. The van der Waals surface area contributed by atoms with Gasteiger partial charge in [0.1, 0.15) is 16.4 Å². The van der Waals surface area contributed by atoms with Gasteiger partial charge in [0.15, 0.2) is 0 Å². The van der Waals surface area contributed by atoms with Crippen molar-refractivity contribution in [1.82, 2.24) is 25.4 Å². The first-order chi connectivity index (χ1) is 19.3. The van der Waals surface area contributed by atoms with Crippen LogP contribution in [0, 0.1) is 6.92 Å². The topological polar surface area (TPSA) is 140 Å². The van der Waals surface area contributed by atoms with Gasteiger partial charge in [-0.25, -0.2) is 13.4 Å². The van der Waals surface area contributed by atoms with E-state index in [9.17, 15) is 13.2 Å². The molecule has 0 radical (unpaired) electrons. The van der Waals surface area contributed by atoms with Gasteiger partial charge < -0.3 is 5.32 Å². The maximum Gasteiger partial charge on any atom is 0.263 e. The standard InChI is InChI=1S/C27H23N7O3S3/c1-17(25(35)28-21-13-15-22(16-14-21)40(36,37)34-27-33-30-18(2)39-27)38-26-29-23(19-9-5-3-6-10-19)24(31-32-26)20-11-7-4-8-12-20/h3-17H,1-2H3,(H,28,35)(H,33,34). The van der Waals surface area contributed by atoms with E-state index in [0.29, 0.717) is 27.2 Å². The maximum atomic E-state index is 12.9. The third-order valence-corrected chi connectivity index (χ3v) is 8.78. The summed E-state index contributed by atoms with van der Waals surface area (Å²) in [5, 5.41) is 19.8. The second-order valence-electron chi connectivity index (χ2n) is 8.53. The van der Waals surface area contributed by atoms with Crippen LogP contribution < -0.4 is 10.0 Å². The summed E-state index contributed by atoms with van der Waals surface area (Å²) in [7, 11) is -3.84. The van der Waals surface area contributed by atoms with Crippen LogP contribution in [0.2, 0.25) is 0 Å². The minimum absolute atomic E-state index is 0.0344. The molecular formula is C27H23N7O3S3. The number of carbonyl (C=O) groups excluding carboxylic acids is 1. The number of aromatic nitrogens is 5. The van der Waals surface area contributed by atoms with Crippen molar-refractivity contribution in [2.24, 2.45) is 0 Å². The Hall–Kier alpha value is -4.20. The molecule has 2 N–H and O–H groups in total. The number of nitrogens with zero attached hydrogens (tertiary/aromatic N) is 5. The zero-order valence-corrected chi connectivity index (χ0v) is 23.8. The lowest BCUT2D eigenvalue weighted by Gasteiger charge is -2.13. The fourth-order valence-electron chi connectivity index (χ4n) is 3.63. The lowest BCUT2D eigenvalue weighted by molar-refractivity contribution is -0.115. The molecule has 1 atom stereocenters. The van der Waals surface area contributed by atoms with E-state index in [2.05, 4.69) is 30.4 Å². The highest BCUT2D eigenvalue weighted by molar-refractivity contribution is 8.00. The first kappa shape index (κ1) is 27.4. The third-order valence-electron chi connectivity index (χ3n) is 5.59. The molecule has 0 spiro atoms. The minimum Gasteiger partial charge on any atom is -0.325 e. The lowest BCUT2D eigenvalue weighted by Crippen LogP contribution is -2.23. The molecule has 5 rings (SSSR count). The van der Waals surface area contributed by atoms with Gasteiger partial charge in [0, 0.05) is 16.8 Å². The second kappa shape index (κ2) is 11.9. The van der Waals surface area contributed by atoms with Crippen molar-refractivity contribution < 1.29 is 13.2 Å². The average molecular weight is 590 g/mol. The smallest absolute Gasteiger partial charge is 0.263 e. The minimum atomic E-state index is -3.84. The van der Waals surface area contributed by atoms with Crippen LogP contribution in [0.4, 0.5) is 10.8 Å². The number of hydrogen-bond donors (Lipinski definition) is 2. The summed E-state index contributed by atoms with van der Waals surface area (Å²) in [4.78, 5) is 17.7. The van der Waals surface area contributed by atoms with E-state index >= 15 is 0 Å². The molecule has 0 aliphatic rings. The molecule has 2 heterocycles. The van der Waals surface area contributed by atoms with Crippen LogP contribution in [0.15, 0.2) is 95.0 Å². The highest BCUT2D eigenvalue weighted by atomic mass is 32.2. The molecule has 0 aliphatic heterocycles. The third kappa shape index (κ3) is 6.50. The Labute approximate surface area is 239 Å². The molecule has 0 bridgehead atoms. The molecule has 202 valence electrons. The van der Waals surface area contributed by atoms with Crippen molar-refractivity contribution in [2.45, 2.75) is 29.1 Å². The van der Waals surface area contributed by atoms with Crippen molar-refractivity contribution in [3.8, 4) is 22.5 Å². The van der Waals surface area contributed by atoms with E-state index < -0.39 is 15.3 Å². The quantitative estimate of drug-likeness (QED) is 0.220. The normalized spacial score (nSPS) is 12.1. The number of benzene rings is 3. The summed E-state index contributed by atoms with van der Waals surface area (Å²) in [5.41, 5.74) is 3.56. The van der Waals surface area contributed by atoms with Crippen molar-refractivity contribution >= 4 is 49.8 Å². The summed E-state index contributed by atoms with van der Waals surface area (Å²) >= 11 is 2.32. The van der Waals surface area contributed by atoms with E-state index in [1.807, 2.05) is 60.7 Å². The Morgan fingerprint density at radius 1 is 0.825 bits per heavy atom. The fraction of sp³-hybridized carbons (Fsp3) is 0.111. The molecule has 3 aromatic carbocycles. The van der Waals surface area contributed by atoms with Crippen LogP contribution >= 0.6 is 23.1 Å². The number of rotatable bonds is 9. The van der Waals surface area contributed by atoms with E-state index in [-0.39, 0.29) is 15.9 Å². The van der Waals surface area contributed by atoms with Gasteiger partial charge in [0.05, 0.1) is 10.1 Å². The zero-order valence-electron chi connectivity index (χ0n) is 21.3. The average Bonchev–Trinajstić information content (AvgIpc) is 3.37. The van der Waals surface area contributed by atoms with Crippen LogP contribution in [-0.4, -0.2) is 45.0 Å². The molecule has 10 nitrogen and oxygen atoms in total. The Morgan fingerprint density at radius 2 is 1.45 bits per heavy atom. The number of anilines is 2. The molecular weight excluding hydrogens is 567 g/mol. The van der Waals surface area contributed by atoms with Crippen molar-refractivity contribution in [2.75, 3.05) is 10.0 Å². The Bertz CT molecular complexity index is 1730. The van der Waals surface area contributed by atoms with Gasteiger partial charge in [0.2, 0.25) is 16.2 Å². The number of nitrogens with one attached hydrogen (secondary N) is 2. The Kier molecular flexibility index (Phi) is 8.14. The number of aryl methyl sites for hydroxylation is 1. The fourth-order valence-corrected chi connectivity index (χ4v) is 6.17. The largest absolute Gasteiger partial charge is 0.325 e. The number of hydrogen-bond acceptors (Lipinski definition) is 10. The van der Waals surface area contributed by atoms with Crippen LogP contribution in [0.5, 0.6) is 0 Å². The van der Waals surface area contributed by atoms with Crippen molar-refractivity contribution in [1.29, 1.82) is 0 Å². The first-order valence-corrected chi connectivity index (χ1v) is 15.2. The van der Waals surface area contributed by atoms with Gasteiger partial charge in [-0.1, -0.05) is 83.8 Å². The summed E-state index contributed by atoms with van der Waals surface area (Å²) in [5.74, 6) is -0.292.